The maximum atomic E-state index is 12.3. The van der Waals surface area contributed by atoms with E-state index in [4.69, 9.17) is 0 Å². The predicted molar refractivity (Wildman–Crippen MR) is 60.4 cm³/mol. The zero-order valence-corrected chi connectivity index (χ0v) is 9.97. The van der Waals surface area contributed by atoms with Crippen LogP contribution < -0.4 is 0 Å². The van der Waals surface area contributed by atoms with E-state index in [-0.39, 0.29) is 10.8 Å². The predicted octanol–water partition coefficient (Wildman–Crippen LogP) is 3.35. The second-order valence-electron chi connectivity index (χ2n) is 6.19. The van der Waals surface area contributed by atoms with Crippen LogP contribution >= 0.6 is 0 Å². The van der Waals surface area contributed by atoms with Gasteiger partial charge in [0.2, 0.25) is 0 Å². The van der Waals surface area contributed by atoms with Crippen LogP contribution in [0, 0.1) is 22.7 Å². The lowest BCUT2D eigenvalue weighted by molar-refractivity contribution is -0.126. The Kier molecular flexibility index (Phi) is 1.64. The normalized spacial score (nSPS) is 53.0. The zero-order chi connectivity index (χ0) is 10.8. The van der Waals surface area contributed by atoms with Gasteiger partial charge in [-0.2, -0.15) is 0 Å². The van der Waals surface area contributed by atoms with Crippen molar-refractivity contribution in [1.29, 1.82) is 0 Å². The summed E-state index contributed by atoms with van der Waals surface area (Å²) in [6.07, 6.45) is 7.30. The Hall–Kier alpha value is -0.590. The van der Waals surface area contributed by atoms with Crippen LogP contribution in [0.3, 0.4) is 0 Å². The monoisotopic (exact) mass is 204 g/mol. The SMILES string of the molecule is CC1=C[C@@]23CC[C@@H](C)[C@@H]2CC[C@@]3(C)C1=O. The molecule has 3 aliphatic carbocycles. The van der Waals surface area contributed by atoms with E-state index in [9.17, 15) is 4.79 Å². The Bertz CT molecular complexity index is 368. The van der Waals surface area contributed by atoms with Gasteiger partial charge in [0.15, 0.2) is 5.78 Å². The summed E-state index contributed by atoms with van der Waals surface area (Å²) in [4.78, 5) is 12.3. The number of hydrogen-bond acceptors (Lipinski definition) is 1. The molecule has 3 aliphatic rings. The molecule has 3 rings (SSSR count). The molecule has 1 heteroatoms. The van der Waals surface area contributed by atoms with Crippen LogP contribution in [-0.2, 0) is 4.79 Å². The van der Waals surface area contributed by atoms with Crippen molar-refractivity contribution in [3.8, 4) is 0 Å². The number of allylic oxidation sites excluding steroid dienone is 2. The third-order valence-electron chi connectivity index (χ3n) is 5.68. The average Bonchev–Trinajstić information content (AvgIpc) is 2.71. The lowest BCUT2D eigenvalue weighted by Gasteiger charge is -2.36. The van der Waals surface area contributed by atoms with Crippen molar-refractivity contribution in [3.05, 3.63) is 11.6 Å². The minimum atomic E-state index is -0.0352. The molecule has 1 nitrogen and oxygen atoms in total. The molecule has 2 fully saturated rings. The Labute approximate surface area is 91.9 Å². The van der Waals surface area contributed by atoms with Crippen LogP contribution in [0.25, 0.3) is 0 Å². The van der Waals surface area contributed by atoms with E-state index in [0.29, 0.717) is 5.78 Å². The van der Waals surface area contributed by atoms with Gasteiger partial charge in [0, 0.05) is 10.8 Å². The van der Waals surface area contributed by atoms with Gasteiger partial charge in [-0.3, -0.25) is 4.79 Å². The van der Waals surface area contributed by atoms with Gasteiger partial charge in [0.1, 0.15) is 0 Å². The lowest BCUT2D eigenvalue weighted by Crippen LogP contribution is -2.37. The van der Waals surface area contributed by atoms with Gasteiger partial charge in [-0.1, -0.05) is 19.9 Å². The Morgan fingerprint density at radius 3 is 2.80 bits per heavy atom. The molecule has 1 spiro atoms. The summed E-state index contributed by atoms with van der Waals surface area (Å²) in [6.45, 7) is 6.61. The third-order valence-corrected chi connectivity index (χ3v) is 5.68. The molecule has 82 valence electrons. The second kappa shape index (κ2) is 2.56. The topological polar surface area (TPSA) is 17.1 Å². The maximum Gasteiger partial charge on any atom is 0.165 e. The van der Waals surface area contributed by atoms with Gasteiger partial charge >= 0.3 is 0 Å². The second-order valence-corrected chi connectivity index (χ2v) is 6.19. The fourth-order valence-corrected chi connectivity index (χ4v) is 4.82. The van der Waals surface area contributed by atoms with Crippen molar-refractivity contribution in [2.24, 2.45) is 22.7 Å². The van der Waals surface area contributed by atoms with Gasteiger partial charge in [-0.15, -0.1) is 0 Å². The molecule has 4 atom stereocenters. The van der Waals surface area contributed by atoms with Crippen molar-refractivity contribution in [3.63, 3.8) is 0 Å². The van der Waals surface area contributed by atoms with Gasteiger partial charge in [0.25, 0.3) is 0 Å². The molecule has 0 aromatic carbocycles. The Morgan fingerprint density at radius 1 is 1.33 bits per heavy atom. The molecule has 15 heavy (non-hydrogen) atoms. The molecule has 0 aromatic heterocycles. The van der Waals surface area contributed by atoms with Crippen molar-refractivity contribution < 1.29 is 4.79 Å². The van der Waals surface area contributed by atoms with E-state index in [1.807, 2.05) is 6.92 Å². The minimum absolute atomic E-state index is 0.0352. The highest BCUT2D eigenvalue weighted by molar-refractivity contribution is 6.03. The molecule has 0 amide bonds. The van der Waals surface area contributed by atoms with Crippen molar-refractivity contribution in [2.45, 2.75) is 46.5 Å². The number of hydrogen-bond donors (Lipinski definition) is 0. The van der Waals surface area contributed by atoms with Crippen molar-refractivity contribution in [1.82, 2.24) is 0 Å². The van der Waals surface area contributed by atoms with E-state index < -0.39 is 0 Å². The summed E-state index contributed by atoms with van der Waals surface area (Å²) >= 11 is 0. The zero-order valence-electron chi connectivity index (χ0n) is 9.97. The van der Waals surface area contributed by atoms with Gasteiger partial charge < -0.3 is 0 Å². The summed E-state index contributed by atoms with van der Waals surface area (Å²) in [5.74, 6) is 2.05. The van der Waals surface area contributed by atoms with Crippen LogP contribution in [0.1, 0.15) is 46.5 Å². The van der Waals surface area contributed by atoms with E-state index in [1.165, 1.54) is 19.3 Å². The number of carbonyl (C=O) groups excluding carboxylic acids is 1. The highest BCUT2D eigenvalue weighted by atomic mass is 16.1. The maximum absolute atomic E-state index is 12.3. The Morgan fingerprint density at radius 2 is 2.07 bits per heavy atom. The quantitative estimate of drug-likeness (QED) is 0.591. The lowest BCUT2D eigenvalue weighted by atomic mass is 9.65. The fraction of sp³-hybridized carbons (Fsp3) is 0.786. The first-order valence-corrected chi connectivity index (χ1v) is 6.25. The first-order chi connectivity index (χ1) is 7.01. The van der Waals surface area contributed by atoms with Crippen LogP contribution in [0.4, 0.5) is 0 Å². The van der Waals surface area contributed by atoms with E-state index in [0.717, 1.165) is 23.8 Å². The van der Waals surface area contributed by atoms with Gasteiger partial charge in [-0.05, 0) is 50.0 Å². The number of Topliss-reactive ketones (excluding diaryl/α,β-unsaturated/α-hetero) is 1. The van der Waals surface area contributed by atoms with E-state index in [2.05, 4.69) is 19.9 Å². The summed E-state index contributed by atoms with van der Waals surface area (Å²) in [7, 11) is 0. The molecular weight excluding hydrogens is 184 g/mol. The first kappa shape index (κ1) is 9.62. The summed E-state index contributed by atoms with van der Waals surface area (Å²) in [5, 5.41) is 0. The summed E-state index contributed by atoms with van der Waals surface area (Å²) in [5.41, 5.74) is 1.26. The fourth-order valence-electron chi connectivity index (χ4n) is 4.82. The molecule has 2 saturated carbocycles. The molecule has 0 bridgehead atoms. The van der Waals surface area contributed by atoms with E-state index in [1.54, 1.807) is 0 Å². The molecule has 0 saturated heterocycles. The largest absolute Gasteiger partial charge is 0.294 e. The highest BCUT2D eigenvalue weighted by Crippen LogP contribution is 2.69. The molecule has 0 heterocycles. The standard InChI is InChI=1S/C14H20O/c1-9-4-7-14-8-10(2)12(15)13(14,3)6-5-11(9)14/h8-9,11H,4-7H2,1-3H3/t9-,11+,13+,14+/m1/s1. The average molecular weight is 204 g/mol. The molecule has 0 aliphatic heterocycles. The Balaban J connectivity index is 2.15. The summed E-state index contributed by atoms with van der Waals surface area (Å²) in [6, 6.07) is 0. The molecule has 0 aromatic rings. The molecule has 0 unspecified atom stereocenters. The first-order valence-electron chi connectivity index (χ1n) is 6.25. The van der Waals surface area contributed by atoms with Crippen LogP contribution in [0.2, 0.25) is 0 Å². The number of carbonyl (C=O) groups is 1. The number of rotatable bonds is 0. The van der Waals surface area contributed by atoms with Crippen LogP contribution in [0.5, 0.6) is 0 Å². The van der Waals surface area contributed by atoms with Gasteiger partial charge in [0.05, 0.1) is 0 Å². The van der Waals surface area contributed by atoms with Crippen LogP contribution in [-0.4, -0.2) is 5.78 Å². The smallest absolute Gasteiger partial charge is 0.165 e. The molecular formula is C14H20O. The number of ketones is 1. The summed E-state index contributed by atoms with van der Waals surface area (Å²) < 4.78 is 0. The third kappa shape index (κ3) is 0.847. The van der Waals surface area contributed by atoms with Crippen molar-refractivity contribution in [2.75, 3.05) is 0 Å². The van der Waals surface area contributed by atoms with Crippen molar-refractivity contribution >= 4 is 5.78 Å². The van der Waals surface area contributed by atoms with Gasteiger partial charge in [-0.25, -0.2) is 0 Å². The highest BCUT2D eigenvalue weighted by Gasteiger charge is 2.65. The minimum Gasteiger partial charge on any atom is -0.294 e. The van der Waals surface area contributed by atoms with Crippen LogP contribution in [0.15, 0.2) is 11.6 Å². The molecule has 0 radical (unpaired) electrons. The molecule has 0 N–H and O–H groups in total. The van der Waals surface area contributed by atoms with E-state index >= 15 is 0 Å².